The summed E-state index contributed by atoms with van der Waals surface area (Å²) in [6.45, 7) is 2.28. The summed E-state index contributed by atoms with van der Waals surface area (Å²) in [6, 6.07) is 23.8. The van der Waals surface area contributed by atoms with Crippen LogP contribution in [0.1, 0.15) is 41.6 Å². The van der Waals surface area contributed by atoms with Crippen LogP contribution in [0.3, 0.4) is 0 Å². The molecule has 0 bridgehead atoms. The van der Waals surface area contributed by atoms with Crippen molar-refractivity contribution in [3.05, 3.63) is 130 Å². The Bertz CT molecular complexity index is 1830. The van der Waals surface area contributed by atoms with E-state index in [1.165, 1.54) is 18.4 Å². The molecule has 0 unspecified atom stereocenters. The quantitative estimate of drug-likeness (QED) is 0.273. The molecule has 1 aromatic heterocycles. The molecular weight excluding hydrogens is 590 g/mol. The number of allylic oxidation sites excluding steroid dienone is 1. The smallest absolute Gasteiger partial charge is 0.338 e. The zero-order valence-corrected chi connectivity index (χ0v) is 24.2. The van der Waals surface area contributed by atoms with Gasteiger partial charge in [-0.3, -0.25) is 9.36 Å². The predicted molar refractivity (Wildman–Crippen MR) is 156 cm³/mol. The molecule has 200 valence electrons. The van der Waals surface area contributed by atoms with Crippen molar-refractivity contribution in [2.75, 3.05) is 7.11 Å². The van der Waals surface area contributed by atoms with E-state index in [2.05, 4.69) is 22.0 Å². The fraction of sp³-hybridized carbons (Fsp3) is 0.161. The Hall–Kier alpha value is -4.26. The van der Waals surface area contributed by atoms with Crippen molar-refractivity contribution in [2.24, 2.45) is 4.99 Å². The largest absolute Gasteiger partial charge is 0.488 e. The zero-order valence-electron chi connectivity index (χ0n) is 21.8. The van der Waals surface area contributed by atoms with Gasteiger partial charge in [0.25, 0.3) is 5.56 Å². The number of ether oxygens (including phenoxy) is 2. The van der Waals surface area contributed by atoms with Crippen molar-refractivity contribution in [1.29, 1.82) is 5.26 Å². The molecule has 0 N–H and O–H groups in total. The number of fused-ring (bicyclic) bond motifs is 1. The minimum absolute atomic E-state index is 0.230. The summed E-state index contributed by atoms with van der Waals surface area (Å²) in [7, 11) is 1.34. The van der Waals surface area contributed by atoms with Crippen molar-refractivity contribution < 1.29 is 14.3 Å². The van der Waals surface area contributed by atoms with Crippen LogP contribution in [-0.4, -0.2) is 17.6 Å². The lowest BCUT2D eigenvalue weighted by Gasteiger charge is -2.25. The van der Waals surface area contributed by atoms with Gasteiger partial charge in [-0.15, -0.1) is 0 Å². The second kappa shape index (κ2) is 11.9. The third-order valence-electron chi connectivity index (χ3n) is 6.50. The van der Waals surface area contributed by atoms with Gasteiger partial charge in [-0.25, -0.2) is 9.79 Å². The molecule has 1 aliphatic heterocycles. The van der Waals surface area contributed by atoms with Gasteiger partial charge in [0.15, 0.2) is 4.80 Å². The first-order valence-corrected chi connectivity index (χ1v) is 14.1. The monoisotopic (exact) mass is 613 g/mol. The number of benzene rings is 3. The summed E-state index contributed by atoms with van der Waals surface area (Å²) >= 11 is 4.87. The Morgan fingerprint density at radius 1 is 1.15 bits per heavy atom. The third-order valence-corrected chi connectivity index (χ3v) is 8.10. The van der Waals surface area contributed by atoms with E-state index in [4.69, 9.17) is 19.7 Å². The summed E-state index contributed by atoms with van der Waals surface area (Å²) < 4.78 is 13.9. The topological polar surface area (TPSA) is 93.7 Å². The molecule has 0 saturated heterocycles. The van der Waals surface area contributed by atoms with Gasteiger partial charge in [-0.05, 0) is 69.4 Å². The molecule has 0 fully saturated rings. The number of carbonyl (C=O) groups excluding carboxylic acids is 1. The van der Waals surface area contributed by atoms with Crippen LogP contribution in [0.4, 0.5) is 0 Å². The second-order valence-corrected chi connectivity index (χ2v) is 10.8. The highest BCUT2D eigenvalue weighted by Gasteiger charge is 2.33. The number of methoxy groups -OCH3 is 1. The molecule has 3 aromatic carbocycles. The lowest BCUT2D eigenvalue weighted by Crippen LogP contribution is -2.40. The van der Waals surface area contributed by atoms with Crippen molar-refractivity contribution in [2.45, 2.75) is 26.0 Å². The summed E-state index contributed by atoms with van der Waals surface area (Å²) in [5, 5.41) is 8.97. The summed E-state index contributed by atoms with van der Waals surface area (Å²) in [5.41, 5.74) is 3.92. The predicted octanol–water partition coefficient (Wildman–Crippen LogP) is 5.01. The molecular formula is C31H24BrN3O4S. The van der Waals surface area contributed by atoms with Crippen LogP contribution in [0.25, 0.3) is 6.08 Å². The van der Waals surface area contributed by atoms with E-state index in [0.717, 1.165) is 21.2 Å². The van der Waals surface area contributed by atoms with Gasteiger partial charge in [-0.1, -0.05) is 66.8 Å². The fourth-order valence-corrected chi connectivity index (χ4v) is 6.06. The first kappa shape index (κ1) is 27.3. The second-order valence-electron chi connectivity index (χ2n) is 8.99. The molecule has 0 radical (unpaired) electrons. The van der Waals surface area contributed by atoms with Crippen molar-refractivity contribution >= 4 is 39.3 Å². The summed E-state index contributed by atoms with van der Waals surface area (Å²) in [6.07, 6.45) is 2.34. The SMILES string of the molecule is CCC1=C(C(=O)OC)[C@H](c2ccccc2)n2c(s/c(=C/c3ccc(OCc4ccc(C#N)cc4)c(Br)c3)c2=O)=N1. The van der Waals surface area contributed by atoms with Gasteiger partial charge in [0.1, 0.15) is 12.4 Å². The Kier molecular flexibility index (Phi) is 8.10. The minimum atomic E-state index is -0.633. The van der Waals surface area contributed by atoms with Crippen molar-refractivity contribution in [3.63, 3.8) is 0 Å². The standard InChI is InChI=1S/C31H24BrN3O4S/c1-3-24-27(30(37)38-2)28(22-7-5-4-6-8-22)35-29(36)26(40-31(35)34-24)16-21-13-14-25(23(32)15-21)39-18-20-11-9-19(17-33)10-12-20/h4-16,28H,3,18H2,1-2H3/b26-16+/t28-/m0/s1. The third kappa shape index (κ3) is 5.41. The van der Waals surface area contributed by atoms with Gasteiger partial charge < -0.3 is 9.47 Å². The summed E-state index contributed by atoms with van der Waals surface area (Å²) in [4.78, 5) is 31.9. The van der Waals surface area contributed by atoms with E-state index in [0.29, 0.717) is 44.9 Å². The molecule has 0 aliphatic carbocycles. The van der Waals surface area contributed by atoms with E-state index in [9.17, 15) is 9.59 Å². The molecule has 7 nitrogen and oxygen atoms in total. The highest BCUT2D eigenvalue weighted by Crippen LogP contribution is 2.32. The first-order chi connectivity index (χ1) is 19.4. The number of nitriles is 1. The van der Waals surface area contributed by atoms with Crippen LogP contribution >= 0.6 is 27.3 Å². The number of esters is 1. The highest BCUT2D eigenvalue weighted by molar-refractivity contribution is 9.10. The fourth-order valence-electron chi connectivity index (χ4n) is 4.53. The number of rotatable bonds is 7. The van der Waals surface area contributed by atoms with E-state index in [1.807, 2.05) is 73.7 Å². The Labute approximate surface area is 243 Å². The van der Waals surface area contributed by atoms with Crippen molar-refractivity contribution in [1.82, 2.24) is 4.57 Å². The molecule has 0 saturated carbocycles. The molecule has 0 spiro atoms. The number of hydrogen-bond donors (Lipinski definition) is 0. The molecule has 0 amide bonds. The molecule has 5 rings (SSSR count). The number of hydrogen-bond acceptors (Lipinski definition) is 7. The molecule has 1 atom stereocenters. The zero-order chi connectivity index (χ0) is 28.2. The first-order valence-electron chi connectivity index (χ1n) is 12.5. The molecule has 40 heavy (non-hydrogen) atoms. The van der Waals surface area contributed by atoms with Gasteiger partial charge in [0.2, 0.25) is 0 Å². The number of thiazole rings is 1. The Morgan fingerprint density at radius 3 is 2.55 bits per heavy atom. The maximum Gasteiger partial charge on any atom is 0.338 e. The van der Waals surface area contributed by atoms with Gasteiger partial charge in [0.05, 0.1) is 45.1 Å². The number of aromatic nitrogens is 1. The lowest BCUT2D eigenvalue weighted by atomic mass is 9.95. The van der Waals surface area contributed by atoms with E-state index < -0.39 is 12.0 Å². The minimum Gasteiger partial charge on any atom is -0.488 e. The van der Waals surface area contributed by atoms with E-state index in [1.54, 1.807) is 16.7 Å². The Balaban J connectivity index is 1.51. The van der Waals surface area contributed by atoms with Crippen LogP contribution in [0.15, 0.2) is 98.3 Å². The average molecular weight is 615 g/mol. The van der Waals surface area contributed by atoms with Gasteiger partial charge in [0, 0.05) is 0 Å². The van der Waals surface area contributed by atoms with Crippen LogP contribution in [0, 0.1) is 11.3 Å². The maximum absolute atomic E-state index is 13.8. The molecule has 9 heteroatoms. The number of nitrogens with zero attached hydrogens (tertiary/aromatic N) is 3. The maximum atomic E-state index is 13.8. The average Bonchev–Trinajstić information content (AvgIpc) is 3.30. The Morgan fingerprint density at radius 2 is 1.90 bits per heavy atom. The van der Waals surface area contributed by atoms with Gasteiger partial charge >= 0.3 is 5.97 Å². The highest BCUT2D eigenvalue weighted by atomic mass is 79.9. The van der Waals surface area contributed by atoms with Crippen molar-refractivity contribution in [3.8, 4) is 11.8 Å². The summed E-state index contributed by atoms with van der Waals surface area (Å²) in [5.74, 6) is 0.159. The van der Waals surface area contributed by atoms with Crippen LogP contribution in [-0.2, 0) is 16.1 Å². The number of halogens is 1. The number of carbonyl (C=O) groups is 1. The van der Waals surface area contributed by atoms with Crippen LogP contribution < -0.4 is 19.6 Å². The van der Waals surface area contributed by atoms with E-state index in [-0.39, 0.29) is 5.56 Å². The lowest BCUT2D eigenvalue weighted by molar-refractivity contribution is -0.136. The normalized spacial score (nSPS) is 14.8. The van der Waals surface area contributed by atoms with Crippen LogP contribution in [0.2, 0.25) is 0 Å². The molecule has 4 aromatic rings. The molecule has 1 aliphatic rings. The van der Waals surface area contributed by atoms with Crippen LogP contribution in [0.5, 0.6) is 5.75 Å². The van der Waals surface area contributed by atoms with Gasteiger partial charge in [-0.2, -0.15) is 5.26 Å². The molecule has 2 heterocycles. The van der Waals surface area contributed by atoms with E-state index >= 15 is 0 Å².